The normalized spacial score (nSPS) is 16.2. The Balaban J connectivity index is 1.96. The maximum Gasteiger partial charge on any atom is 0.335 e. The average Bonchev–Trinajstić information content (AvgIpc) is 2.46. The molecule has 1 aliphatic rings. The van der Waals surface area contributed by atoms with Gasteiger partial charge in [-0.15, -0.1) is 0 Å². The number of carboxylic acids is 1. The second-order valence-corrected chi connectivity index (χ2v) is 5.84. The van der Waals surface area contributed by atoms with Crippen LogP contribution in [0, 0.1) is 5.92 Å². The highest BCUT2D eigenvalue weighted by atomic mass is 16.4. The standard InChI is InChI=1S/C17H23NO2/c1-13(2)7-10-18-11-8-15(9-12-18)14-3-5-16(6-4-14)17(19)20/h3-6,8,13H,7,9-12H2,1-2H3,(H,19,20). The van der Waals surface area contributed by atoms with Crippen LogP contribution in [0.4, 0.5) is 0 Å². The van der Waals surface area contributed by atoms with Crippen molar-refractivity contribution in [3.05, 3.63) is 41.5 Å². The first kappa shape index (κ1) is 14.8. The zero-order valence-electron chi connectivity index (χ0n) is 12.3. The van der Waals surface area contributed by atoms with Crippen molar-refractivity contribution in [3.8, 4) is 0 Å². The Bertz CT molecular complexity index is 488. The number of carboxylic acid groups (broad SMARTS) is 1. The fourth-order valence-electron chi connectivity index (χ4n) is 2.44. The van der Waals surface area contributed by atoms with Gasteiger partial charge in [0, 0.05) is 13.1 Å². The molecule has 1 N–H and O–H groups in total. The molecule has 1 aromatic rings. The van der Waals surface area contributed by atoms with Crippen molar-refractivity contribution >= 4 is 11.5 Å². The summed E-state index contributed by atoms with van der Waals surface area (Å²) < 4.78 is 0. The van der Waals surface area contributed by atoms with Gasteiger partial charge in [0.2, 0.25) is 0 Å². The highest BCUT2D eigenvalue weighted by Gasteiger charge is 2.13. The fraction of sp³-hybridized carbons (Fsp3) is 0.471. The molecule has 0 amide bonds. The largest absolute Gasteiger partial charge is 0.478 e. The predicted molar refractivity (Wildman–Crippen MR) is 81.9 cm³/mol. The zero-order chi connectivity index (χ0) is 14.5. The van der Waals surface area contributed by atoms with E-state index in [4.69, 9.17) is 5.11 Å². The molecule has 2 rings (SSSR count). The van der Waals surface area contributed by atoms with Gasteiger partial charge in [0.05, 0.1) is 5.56 Å². The lowest BCUT2D eigenvalue weighted by Crippen LogP contribution is -2.30. The van der Waals surface area contributed by atoms with E-state index in [2.05, 4.69) is 24.8 Å². The molecule has 20 heavy (non-hydrogen) atoms. The average molecular weight is 273 g/mol. The number of aromatic carboxylic acids is 1. The third-order valence-electron chi connectivity index (χ3n) is 3.82. The monoisotopic (exact) mass is 273 g/mol. The van der Waals surface area contributed by atoms with Gasteiger partial charge in [-0.1, -0.05) is 32.1 Å². The minimum atomic E-state index is -0.867. The summed E-state index contributed by atoms with van der Waals surface area (Å²) in [5, 5.41) is 8.90. The van der Waals surface area contributed by atoms with Gasteiger partial charge in [-0.25, -0.2) is 4.79 Å². The van der Waals surface area contributed by atoms with Gasteiger partial charge in [0.25, 0.3) is 0 Å². The summed E-state index contributed by atoms with van der Waals surface area (Å²) >= 11 is 0. The Hall–Kier alpha value is -1.61. The van der Waals surface area contributed by atoms with Crippen LogP contribution < -0.4 is 0 Å². The van der Waals surface area contributed by atoms with Crippen LogP contribution >= 0.6 is 0 Å². The summed E-state index contributed by atoms with van der Waals surface area (Å²) in [5.41, 5.74) is 2.84. The molecule has 1 aromatic carbocycles. The molecule has 0 aromatic heterocycles. The van der Waals surface area contributed by atoms with E-state index >= 15 is 0 Å². The summed E-state index contributed by atoms with van der Waals surface area (Å²) in [6, 6.07) is 7.20. The molecule has 0 fully saturated rings. The maximum absolute atomic E-state index is 10.8. The number of carbonyl (C=O) groups is 1. The first-order valence-electron chi connectivity index (χ1n) is 7.31. The van der Waals surface area contributed by atoms with E-state index in [1.807, 2.05) is 12.1 Å². The Kier molecular flexibility index (Phi) is 4.96. The van der Waals surface area contributed by atoms with Gasteiger partial charge in [0.15, 0.2) is 0 Å². The summed E-state index contributed by atoms with van der Waals surface area (Å²) in [6.45, 7) is 7.78. The first-order chi connectivity index (χ1) is 9.56. The van der Waals surface area contributed by atoms with E-state index in [9.17, 15) is 4.79 Å². The molecule has 0 aliphatic carbocycles. The van der Waals surface area contributed by atoms with Crippen LogP contribution in [0.25, 0.3) is 5.57 Å². The fourth-order valence-corrected chi connectivity index (χ4v) is 2.44. The molecular formula is C17H23NO2. The molecule has 1 aliphatic heterocycles. The molecule has 0 saturated carbocycles. The van der Waals surface area contributed by atoms with E-state index < -0.39 is 5.97 Å². The minimum absolute atomic E-state index is 0.351. The topological polar surface area (TPSA) is 40.5 Å². The number of benzene rings is 1. The van der Waals surface area contributed by atoms with Crippen LogP contribution in [-0.2, 0) is 0 Å². The molecular weight excluding hydrogens is 250 g/mol. The number of nitrogens with zero attached hydrogens (tertiary/aromatic N) is 1. The Labute approximate surface area is 120 Å². The molecule has 3 nitrogen and oxygen atoms in total. The van der Waals surface area contributed by atoms with Crippen molar-refractivity contribution in [1.82, 2.24) is 4.90 Å². The van der Waals surface area contributed by atoms with Crippen LogP contribution in [0.2, 0.25) is 0 Å². The molecule has 0 atom stereocenters. The van der Waals surface area contributed by atoms with Crippen LogP contribution in [0.1, 0.15) is 42.6 Å². The smallest absolute Gasteiger partial charge is 0.335 e. The predicted octanol–water partition coefficient (Wildman–Crippen LogP) is 3.52. The molecule has 108 valence electrons. The van der Waals surface area contributed by atoms with E-state index in [-0.39, 0.29) is 0 Å². The van der Waals surface area contributed by atoms with Crippen molar-refractivity contribution in [2.75, 3.05) is 19.6 Å². The minimum Gasteiger partial charge on any atom is -0.478 e. The van der Waals surface area contributed by atoms with E-state index in [1.165, 1.54) is 18.5 Å². The third-order valence-corrected chi connectivity index (χ3v) is 3.82. The third kappa shape index (κ3) is 3.94. The van der Waals surface area contributed by atoms with Crippen LogP contribution in [0.15, 0.2) is 30.3 Å². The van der Waals surface area contributed by atoms with Crippen LogP contribution in [0.5, 0.6) is 0 Å². The summed E-state index contributed by atoms with van der Waals surface area (Å²) in [6.07, 6.45) is 4.57. The van der Waals surface area contributed by atoms with Crippen molar-refractivity contribution in [2.45, 2.75) is 26.7 Å². The Morgan fingerprint density at radius 3 is 2.50 bits per heavy atom. The summed E-state index contributed by atoms with van der Waals surface area (Å²) in [5.74, 6) is -0.113. The first-order valence-corrected chi connectivity index (χ1v) is 7.31. The van der Waals surface area contributed by atoms with Gasteiger partial charge >= 0.3 is 5.97 Å². The van der Waals surface area contributed by atoms with Crippen molar-refractivity contribution in [1.29, 1.82) is 0 Å². The summed E-state index contributed by atoms with van der Waals surface area (Å²) in [4.78, 5) is 13.3. The van der Waals surface area contributed by atoms with Gasteiger partial charge < -0.3 is 5.11 Å². The lowest BCUT2D eigenvalue weighted by Gasteiger charge is -2.27. The Morgan fingerprint density at radius 1 is 1.30 bits per heavy atom. The van der Waals surface area contributed by atoms with Gasteiger partial charge in [-0.2, -0.15) is 0 Å². The van der Waals surface area contributed by atoms with Gasteiger partial charge in [-0.3, -0.25) is 4.90 Å². The highest BCUT2D eigenvalue weighted by molar-refractivity contribution is 5.88. The molecule has 0 saturated heterocycles. The zero-order valence-corrected chi connectivity index (χ0v) is 12.3. The molecule has 1 heterocycles. The second-order valence-electron chi connectivity index (χ2n) is 5.84. The van der Waals surface area contributed by atoms with Gasteiger partial charge in [0.1, 0.15) is 0 Å². The van der Waals surface area contributed by atoms with Crippen molar-refractivity contribution < 1.29 is 9.90 Å². The highest BCUT2D eigenvalue weighted by Crippen LogP contribution is 2.23. The van der Waals surface area contributed by atoms with Crippen molar-refractivity contribution in [2.24, 2.45) is 5.92 Å². The molecule has 3 heteroatoms. The van der Waals surface area contributed by atoms with E-state index in [0.29, 0.717) is 5.56 Å². The lowest BCUT2D eigenvalue weighted by atomic mass is 9.98. The Morgan fingerprint density at radius 2 is 2.00 bits per heavy atom. The molecule has 0 bridgehead atoms. The van der Waals surface area contributed by atoms with Crippen molar-refractivity contribution in [3.63, 3.8) is 0 Å². The van der Waals surface area contributed by atoms with Gasteiger partial charge in [-0.05, 0) is 48.6 Å². The van der Waals surface area contributed by atoms with Crippen LogP contribution in [0.3, 0.4) is 0 Å². The quantitative estimate of drug-likeness (QED) is 0.892. The van der Waals surface area contributed by atoms with Crippen LogP contribution in [-0.4, -0.2) is 35.6 Å². The SMILES string of the molecule is CC(C)CCN1CC=C(c2ccc(C(=O)O)cc2)CC1. The number of hydrogen-bond donors (Lipinski definition) is 1. The number of hydrogen-bond acceptors (Lipinski definition) is 2. The number of rotatable bonds is 5. The molecule has 0 radical (unpaired) electrons. The lowest BCUT2D eigenvalue weighted by molar-refractivity contribution is 0.0697. The maximum atomic E-state index is 10.8. The molecule has 0 unspecified atom stereocenters. The van der Waals surface area contributed by atoms with E-state index in [0.717, 1.165) is 31.0 Å². The molecule has 0 spiro atoms. The van der Waals surface area contributed by atoms with E-state index in [1.54, 1.807) is 12.1 Å². The summed E-state index contributed by atoms with van der Waals surface area (Å²) in [7, 11) is 0. The second kappa shape index (κ2) is 6.71.